The van der Waals surface area contributed by atoms with Gasteiger partial charge in [-0.2, -0.15) is 0 Å². The van der Waals surface area contributed by atoms with Crippen molar-refractivity contribution in [3.63, 3.8) is 0 Å². The zero-order valence-electron chi connectivity index (χ0n) is 22.9. The SMILES string of the molecule is C=Cc1cc(-c2ccc(C3CCN(C(C)C)CC3)cc2)sc1C(=O)N1CC[C@H](NC(=O)OC(C)(C)C)C1. The van der Waals surface area contributed by atoms with Gasteiger partial charge in [-0.05, 0) is 95.6 Å². The zero-order chi connectivity index (χ0) is 26.7. The Morgan fingerprint density at radius 2 is 1.78 bits per heavy atom. The Kier molecular flexibility index (Phi) is 8.44. The van der Waals surface area contributed by atoms with Crippen molar-refractivity contribution < 1.29 is 14.3 Å². The van der Waals surface area contributed by atoms with Gasteiger partial charge < -0.3 is 19.9 Å². The predicted octanol–water partition coefficient (Wildman–Crippen LogP) is 6.39. The molecule has 1 aromatic heterocycles. The number of hydrogen-bond acceptors (Lipinski definition) is 5. The quantitative estimate of drug-likeness (QED) is 0.477. The minimum atomic E-state index is -0.548. The molecule has 7 heteroatoms. The van der Waals surface area contributed by atoms with Crippen LogP contribution in [0.15, 0.2) is 36.9 Å². The lowest BCUT2D eigenvalue weighted by Crippen LogP contribution is -2.41. The van der Waals surface area contributed by atoms with Crippen LogP contribution in [0.5, 0.6) is 0 Å². The molecule has 0 saturated carbocycles. The summed E-state index contributed by atoms with van der Waals surface area (Å²) in [5.74, 6) is 0.610. The van der Waals surface area contributed by atoms with E-state index in [-0.39, 0.29) is 11.9 Å². The van der Waals surface area contributed by atoms with Crippen LogP contribution in [0.25, 0.3) is 16.5 Å². The lowest BCUT2D eigenvalue weighted by Gasteiger charge is -2.34. The molecule has 2 aromatic rings. The average molecular weight is 524 g/mol. The van der Waals surface area contributed by atoms with Crippen molar-refractivity contribution in [1.82, 2.24) is 15.1 Å². The second-order valence-corrected chi connectivity index (χ2v) is 12.6. The fourth-order valence-corrected chi connectivity index (χ4v) is 6.35. The smallest absolute Gasteiger partial charge is 0.407 e. The van der Waals surface area contributed by atoms with Crippen LogP contribution in [-0.2, 0) is 4.74 Å². The lowest BCUT2D eigenvalue weighted by molar-refractivity contribution is 0.0502. The number of amides is 2. The monoisotopic (exact) mass is 523 g/mol. The molecule has 0 spiro atoms. The van der Waals surface area contributed by atoms with Crippen LogP contribution < -0.4 is 5.32 Å². The molecule has 0 aliphatic carbocycles. The van der Waals surface area contributed by atoms with E-state index in [0.29, 0.717) is 36.3 Å². The number of hydrogen-bond donors (Lipinski definition) is 1. The molecule has 0 unspecified atom stereocenters. The standard InChI is InChI=1S/C30H41N3O3S/c1-7-21-18-26(24-10-8-22(9-11-24)23-12-15-32(16-13-23)20(2)3)37-27(21)28(34)33-17-14-25(19-33)31-29(35)36-30(4,5)6/h7-11,18,20,23,25H,1,12-17,19H2,2-6H3,(H,31,35)/t25-/m0/s1. The molecule has 2 saturated heterocycles. The molecule has 4 rings (SSSR count). The van der Waals surface area contributed by atoms with Gasteiger partial charge in [0.1, 0.15) is 5.60 Å². The van der Waals surface area contributed by atoms with Gasteiger partial charge in [-0.1, -0.05) is 36.9 Å². The van der Waals surface area contributed by atoms with E-state index >= 15 is 0 Å². The number of likely N-dealkylation sites (tertiary alicyclic amines) is 2. The Bertz CT molecular complexity index is 1110. The summed E-state index contributed by atoms with van der Waals surface area (Å²) in [6.07, 6.45) is 4.44. The molecular formula is C30H41N3O3S. The van der Waals surface area contributed by atoms with E-state index < -0.39 is 11.7 Å². The van der Waals surface area contributed by atoms with E-state index in [1.165, 1.54) is 29.7 Å². The van der Waals surface area contributed by atoms with Crippen molar-refractivity contribution in [3.8, 4) is 10.4 Å². The van der Waals surface area contributed by atoms with Crippen LogP contribution >= 0.6 is 11.3 Å². The molecule has 1 N–H and O–H groups in total. The highest BCUT2D eigenvalue weighted by atomic mass is 32.1. The maximum atomic E-state index is 13.4. The number of alkyl carbamates (subject to hydrolysis) is 1. The number of nitrogens with zero attached hydrogens (tertiary/aromatic N) is 2. The molecule has 6 nitrogen and oxygen atoms in total. The van der Waals surface area contributed by atoms with Gasteiger partial charge in [-0.15, -0.1) is 11.3 Å². The van der Waals surface area contributed by atoms with E-state index in [4.69, 9.17) is 4.74 Å². The molecule has 0 bridgehead atoms. The second-order valence-electron chi connectivity index (χ2n) is 11.5. The number of benzene rings is 1. The molecule has 3 heterocycles. The van der Waals surface area contributed by atoms with Crippen molar-refractivity contribution in [2.75, 3.05) is 26.2 Å². The number of carbonyl (C=O) groups is 2. The highest BCUT2D eigenvalue weighted by molar-refractivity contribution is 7.17. The minimum Gasteiger partial charge on any atom is -0.444 e. The number of rotatable bonds is 6. The first-order valence-corrected chi connectivity index (χ1v) is 14.2. The Labute approximate surface area is 225 Å². The minimum absolute atomic E-state index is 0.00632. The normalized spacial score (nSPS) is 19.3. The molecule has 1 atom stereocenters. The molecule has 2 amide bonds. The fraction of sp³-hybridized carbons (Fsp3) is 0.533. The summed E-state index contributed by atoms with van der Waals surface area (Å²) in [7, 11) is 0. The number of ether oxygens (including phenoxy) is 1. The molecule has 37 heavy (non-hydrogen) atoms. The molecule has 2 aliphatic rings. The first-order chi connectivity index (χ1) is 17.5. The topological polar surface area (TPSA) is 61.9 Å². The summed E-state index contributed by atoms with van der Waals surface area (Å²) in [5.41, 5.74) is 2.85. The Morgan fingerprint density at radius 1 is 1.11 bits per heavy atom. The molecule has 1 aromatic carbocycles. The van der Waals surface area contributed by atoms with Crippen LogP contribution in [0, 0.1) is 0 Å². The highest BCUT2D eigenvalue weighted by Crippen LogP contribution is 2.36. The largest absolute Gasteiger partial charge is 0.444 e. The maximum absolute atomic E-state index is 13.4. The third-order valence-electron chi connectivity index (χ3n) is 7.30. The van der Waals surface area contributed by atoms with Crippen LogP contribution in [0.3, 0.4) is 0 Å². The number of carbonyl (C=O) groups excluding carboxylic acids is 2. The zero-order valence-corrected chi connectivity index (χ0v) is 23.7. The third kappa shape index (κ3) is 6.82. The number of nitrogens with one attached hydrogen (secondary N) is 1. The summed E-state index contributed by atoms with van der Waals surface area (Å²) in [6.45, 7) is 17.4. The summed E-state index contributed by atoms with van der Waals surface area (Å²) < 4.78 is 5.36. The molecular weight excluding hydrogens is 482 g/mol. The van der Waals surface area contributed by atoms with E-state index in [0.717, 1.165) is 29.1 Å². The van der Waals surface area contributed by atoms with Gasteiger partial charge in [-0.3, -0.25) is 4.79 Å². The van der Waals surface area contributed by atoms with Crippen LogP contribution in [0.1, 0.15) is 80.6 Å². The van der Waals surface area contributed by atoms with Gasteiger partial charge in [0, 0.05) is 24.0 Å². The maximum Gasteiger partial charge on any atom is 0.407 e. The summed E-state index contributed by atoms with van der Waals surface area (Å²) in [4.78, 5) is 31.7. The van der Waals surface area contributed by atoms with Gasteiger partial charge in [0.05, 0.1) is 10.9 Å². The van der Waals surface area contributed by atoms with Crippen LogP contribution in [-0.4, -0.2) is 65.7 Å². The summed E-state index contributed by atoms with van der Waals surface area (Å²) in [6, 6.07) is 11.5. The van der Waals surface area contributed by atoms with E-state index in [2.05, 4.69) is 61.0 Å². The Hall–Kier alpha value is -2.64. The van der Waals surface area contributed by atoms with Crippen LogP contribution in [0.2, 0.25) is 0 Å². The fourth-order valence-electron chi connectivity index (χ4n) is 5.22. The van der Waals surface area contributed by atoms with Gasteiger partial charge >= 0.3 is 6.09 Å². The first kappa shape index (κ1) is 27.4. The highest BCUT2D eigenvalue weighted by Gasteiger charge is 2.31. The molecule has 2 aliphatic heterocycles. The Balaban J connectivity index is 1.40. The van der Waals surface area contributed by atoms with E-state index in [1.54, 1.807) is 6.08 Å². The number of piperidine rings is 1. The Morgan fingerprint density at radius 3 is 2.38 bits per heavy atom. The van der Waals surface area contributed by atoms with Crippen molar-refractivity contribution in [2.24, 2.45) is 0 Å². The molecule has 0 radical (unpaired) electrons. The lowest BCUT2D eigenvalue weighted by atomic mass is 9.88. The first-order valence-electron chi connectivity index (χ1n) is 13.4. The number of thiophene rings is 1. The second kappa shape index (κ2) is 11.4. The van der Waals surface area contributed by atoms with Crippen molar-refractivity contribution >= 4 is 29.4 Å². The average Bonchev–Trinajstić information content (AvgIpc) is 3.50. The van der Waals surface area contributed by atoms with Gasteiger partial charge in [0.25, 0.3) is 5.91 Å². The summed E-state index contributed by atoms with van der Waals surface area (Å²) in [5, 5.41) is 2.90. The van der Waals surface area contributed by atoms with E-state index in [1.807, 2.05) is 25.7 Å². The van der Waals surface area contributed by atoms with Gasteiger partial charge in [-0.25, -0.2) is 4.79 Å². The van der Waals surface area contributed by atoms with E-state index in [9.17, 15) is 9.59 Å². The van der Waals surface area contributed by atoms with Crippen molar-refractivity contribution in [2.45, 2.75) is 77.5 Å². The molecule has 200 valence electrons. The summed E-state index contributed by atoms with van der Waals surface area (Å²) >= 11 is 1.52. The van der Waals surface area contributed by atoms with Gasteiger partial charge in [0.15, 0.2) is 0 Å². The van der Waals surface area contributed by atoms with Gasteiger partial charge in [0.2, 0.25) is 0 Å². The predicted molar refractivity (Wildman–Crippen MR) is 152 cm³/mol. The van der Waals surface area contributed by atoms with Crippen LogP contribution in [0.4, 0.5) is 4.79 Å². The third-order valence-corrected chi connectivity index (χ3v) is 8.49. The van der Waals surface area contributed by atoms with Crippen molar-refractivity contribution in [3.05, 3.63) is 52.9 Å². The van der Waals surface area contributed by atoms with Crippen molar-refractivity contribution in [1.29, 1.82) is 0 Å². The molecule has 2 fully saturated rings.